The molecule has 0 radical (unpaired) electrons. The first kappa shape index (κ1) is 10.1. The normalized spacial score (nSPS) is 21.2. The van der Waals surface area contributed by atoms with Gasteiger partial charge in [0.15, 0.2) is 0 Å². The lowest BCUT2D eigenvalue weighted by molar-refractivity contribution is 0.0990. The number of hydrogen-bond donors (Lipinski definition) is 1. The first-order valence-electron chi connectivity index (χ1n) is 4.52. The molecule has 0 aromatic rings. The zero-order chi connectivity index (χ0) is 9.68. The van der Waals surface area contributed by atoms with Crippen molar-refractivity contribution >= 4 is 0 Å². The Morgan fingerprint density at radius 2 is 2.31 bits per heavy atom. The van der Waals surface area contributed by atoms with Crippen LogP contribution < -0.4 is 5.32 Å². The molecule has 0 spiro atoms. The monoisotopic (exact) mass is 183 g/mol. The van der Waals surface area contributed by atoms with Gasteiger partial charge in [-0.1, -0.05) is 0 Å². The SMILES string of the molecule is COCC1NC=CC=C1OC(C)C. The van der Waals surface area contributed by atoms with Crippen LogP contribution in [-0.4, -0.2) is 25.9 Å². The molecular weight excluding hydrogens is 166 g/mol. The fourth-order valence-electron chi connectivity index (χ4n) is 1.20. The Labute approximate surface area is 79.4 Å². The van der Waals surface area contributed by atoms with Gasteiger partial charge in [0.05, 0.1) is 12.7 Å². The molecule has 1 aliphatic heterocycles. The van der Waals surface area contributed by atoms with Crippen LogP contribution in [0.2, 0.25) is 0 Å². The maximum atomic E-state index is 5.62. The second kappa shape index (κ2) is 4.92. The van der Waals surface area contributed by atoms with E-state index in [1.165, 1.54) is 0 Å². The van der Waals surface area contributed by atoms with Gasteiger partial charge in [0.25, 0.3) is 0 Å². The zero-order valence-electron chi connectivity index (χ0n) is 8.41. The Balaban J connectivity index is 2.54. The Morgan fingerprint density at radius 3 is 2.92 bits per heavy atom. The molecule has 13 heavy (non-hydrogen) atoms. The lowest BCUT2D eigenvalue weighted by atomic mass is 10.2. The van der Waals surface area contributed by atoms with Gasteiger partial charge in [0.1, 0.15) is 11.8 Å². The van der Waals surface area contributed by atoms with E-state index in [0.29, 0.717) is 6.61 Å². The van der Waals surface area contributed by atoms with Crippen LogP contribution in [0.5, 0.6) is 0 Å². The Morgan fingerprint density at radius 1 is 1.54 bits per heavy atom. The summed E-state index contributed by atoms with van der Waals surface area (Å²) in [6, 6.07) is 0.150. The molecule has 1 heterocycles. The molecule has 1 unspecified atom stereocenters. The first-order chi connectivity index (χ1) is 6.24. The maximum absolute atomic E-state index is 5.62. The number of dihydropyridines is 1. The molecule has 0 fully saturated rings. The van der Waals surface area contributed by atoms with Gasteiger partial charge in [-0.3, -0.25) is 0 Å². The largest absolute Gasteiger partial charge is 0.493 e. The lowest BCUT2D eigenvalue weighted by Crippen LogP contribution is -2.34. The summed E-state index contributed by atoms with van der Waals surface area (Å²) in [4.78, 5) is 0. The molecule has 0 amide bonds. The Kier molecular flexibility index (Phi) is 3.83. The molecule has 3 nitrogen and oxygen atoms in total. The van der Waals surface area contributed by atoms with E-state index in [4.69, 9.17) is 9.47 Å². The fraction of sp³-hybridized carbons (Fsp3) is 0.600. The van der Waals surface area contributed by atoms with Crippen molar-refractivity contribution in [2.45, 2.75) is 26.0 Å². The maximum Gasteiger partial charge on any atom is 0.121 e. The van der Waals surface area contributed by atoms with E-state index in [-0.39, 0.29) is 12.1 Å². The average Bonchev–Trinajstić information content (AvgIpc) is 2.08. The molecule has 1 aliphatic rings. The van der Waals surface area contributed by atoms with E-state index in [9.17, 15) is 0 Å². The smallest absolute Gasteiger partial charge is 0.121 e. The van der Waals surface area contributed by atoms with E-state index in [1.807, 2.05) is 32.2 Å². The summed E-state index contributed by atoms with van der Waals surface area (Å²) < 4.78 is 10.7. The minimum absolute atomic E-state index is 0.150. The van der Waals surface area contributed by atoms with E-state index in [1.54, 1.807) is 7.11 Å². The minimum Gasteiger partial charge on any atom is -0.493 e. The van der Waals surface area contributed by atoms with Gasteiger partial charge >= 0.3 is 0 Å². The van der Waals surface area contributed by atoms with Crippen LogP contribution in [0, 0.1) is 0 Å². The predicted molar refractivity (Wildman–Crippen MR) is 52.2 cm³/mol. The second-order valence-corrected chi connectivity index (χ2v) is 3.27. The summed E-state index contributed by atoms with van der Waals surface area (Å²) in [5, 5.41) is 3.18. The molecule has 1 N–H and O–H groups in total. The highest BCUT2D eigenvalue weighted by Gasteiger charge is 2.16. The molecule has 0 aromatic carbocycles. The Bertz CT molecular complexity index is 209. The summed E-state index contributed by atoms with van der Waals surface area (Å²) in [5.74, 6) is 0.944. The molecule has 0 saturated heterocycles. The van der Waals surface area contributed by atoms with Crippen molar-refractivity contribution in [2.24, 2.45) is 0 Å². The third-order valence-electron chi connectivity index (χ3n) is 1.70. The van der Waals surface area contributed by atoms with Crippen molar-refractivity contribution in [1.29, 1.82) is 0 Å². The van der Waals surface area contributed by atoms with Gasteiger partial charge in [-0.05, 0) is 32.2 Å². The zero-order valence-corrected chi connectivity index (χ0v) is 8.41. The van der Waals surface area contributed by atoms with Crippen LogP contribution >= 0.6 is 0 Å². The van der Waals surface area contributed by atoms with Gasteiger partial charge in [-0.25, -0.2) is 0 Å². The highest BCUT2D eigenvalue weighted by Crippen LogP contribution is 2.11. The second-order valence-electron chi connectivity index (χ2n) is 3.27. The number of methoxy groups -OCH3 is 1. The van der Waals surface area contributed by atoms with Crippen LogP contribution in [-0.2, 0) is 9.47 Å². The highest BCUT2D eigenvalue weighted by molar-refractivity contribution is 5.18. The van der Waals surface area contributed by atoms with E-state index in [0.717, 1.165) is 5.76 Å². The lowest BCUT2D eigenvalue weighted by Gasteiger charge is -2.24. The molecule has 1 rings (SSSR count). The van der Waals surface area contributed by atoms with Crippen LogP contribution in [0.15, 0.2) is 24.1 Å². The number of allylic oxidation sites excluding steroid dienone is 2. The van der Waals surface area contributed by atoms with Crippen LogP contribution in [0.3, 0.4) is 0 Å². The molecule has 3 heteroatoms. The fourth-order valence-corrected chi connectivity index (χ4v) is 1.20. The van der Waals surface area contributed by atoms with Gasteiger partial charge in [-0.15, -0.1) is 0 Å². The predicted octanol–water partition coefficient (Wildman–Crippen LogP) is 1.43. The standard InChI is InChI=1S/C10H17NO2/c1-8(2)13-10-5-4-6-11-9(10)7-12-3/h4-6,8-9,11H,7H2,1-3H3. The first-order valence-corrected chi connectivity index (χ1v) is 4.52. The van der Waals surface area contributed by atoms with Crippen LogP contribution in [0.4, 0.5) is 0 Å². The molecule has 1 atom stereocenters. The highest BCUT2D eigenvalue weighted by atomic mass is 16.5. The van der Waals surface area contributed by atoms with Crippen molar-refractivity contribution in [3.8, 4) is 0 Å². The molecular formula is C10H17NO2. The van der Waals surface area contributed by atoms with Crippen molar-refractivity contribution in [1.82, 2.24) is 5.32 Å². The van der Waals surface area contributed by atoms with E-state index in [2.05, 4.69) is 5.32 Å². The van der Waals surface area contributed by atoms with E-state index >= 15 is 0 Å². The van der Waals surface area contributed by atoms with Crippen LogP contribution in [0.1, 0.15) is 13.8 Å². The summed E-state index contributed by atoms with van der Waals surface area (Å²) in [5.41, 5.74) is 0. The van der Waals surface area contributed by atoms with Crippen molar-refractivity contribution < 1.29 is 9.47 Å². The number of nitrogens with one attached hydrogen (secondary N) is 1. The summed E-state index contributed by atoms with van der Waals surface area (Å²) in [6.45, 7) is 4.66. The van der Waals surface area contributed by atoms with Gasteiger partial charge in [0.2, 0.25) is 0 Å². The number of rotatable bonds is 4. The van der Waals surface area contributed by atoms with Crippen LogP contribution in [0.25, 0.3) is 0 Å². The van der Waals surface area contributed by atoms with E-state index < -0.39 is 0 Å². The van der Waals surface area contributed by atoms with Gasteiger partial charge < -0.3 is 14.8 Å². The van der Waals surface area contributed by atoms with Crippen molar-refractivity contribution in [3.05, 3.63) is 24.1 Å². The summed E-state index contributed by atoms with van der Waals surface area (Å²) >= 11 is 0. The molecule has 0 aliphatic carbocycles. The number of hydrogen-bond acceptors (Lipinski definition) is 3. The minimum atomic E-state index is 0.150. The Hall–Kier alpha value is -0.960. The van der Waals surface area contributed by atoms with Gasteiger partial charge in [-0.2, -0.15) is 0 Å². The summed E-state index contributed by atoms with van der Waals surface area (Å²) in [6.07, 6.45) is 6.01. The third kappa shape index (κ3) is 3.11. The quantitative estimate of drug-likeness (QED) is 0.715. The van der Waals surface area contributed by atoms with Crippen molar-refractivity contribution in [2.75, 3.05) is 13.7 Å². The molecule has 74 valence electrons. The summed E-state index contributed by atoms with van der Waals surface area (Å²) in [7, 11) is 1.69. The van der Waals surface area contributed by atoms with Gasteiger partial charge in [0, 0.05) is 7.11 Å². The molecule has 0 bridgehead atoms. The number of ether oxygens (including phenoxy) is 2. The third-order valence-corrected chi connectivity index (χ3v) is 1.70. The molecule has 0 aromatic heterocycles. The molecule has 0 saturated carbocycles. The topological polar surface area (TPSA) is 30.5 Å². The van der Waals surface area contributed by atoms with Crippen molar-refractivity contribution in [3.63, 3.8) is 0 Å². The average molecular weight is 183 g/mol.